The molecule has 0 bridgehead atoms. The second-order valence-electron chi connectivity index (χ2n) is 6.31. The van der Waals surface area contributed by atoms with Crippen molar-refractivity contribution >= 4 is 6.09 Å². The van der Waals surface area contributed by atoms with E-state index in [9.17, 15) is 9.90 Å². The lowest BCUT2D eigenvalue weighted by molar-refractivity contribution is 0.0131. The van der Waals surface area contributed by atoms with Crippen molar-refractivity contribution in [3.8, 4) is 0 Å². The van der Waals surface area contributed by atoms with Crippen LogP contribution in [0.15, 0.2) is 12.2 Å². The van der Waals surface area contributed by atoms with Gasteiger partial charge in [0.15, 0.2) is 0 Å². The summed E-state index contributed by atoms with van der Waals surface area (Å²) in [6.45, 7) is 7.77. The van der Waals surface area contributed by atoms with Gasteiger partial charge >= 0.3 is 6.09 Å². The minimum Gasteiger partial charge on any atom is -0.448 e. The molecule has 0 aromatic heterocycles. The minimum atomic E-state index is -0.252. The van der Waals surface area contributed by atoms with E-state index in [1.165, 1.54) is 0 Å². The van der Waals surface area contributed by atoms with Gasteiger partial charge in [-0.05, 0) is 19.3 Å². The summed E-state index contributed by atoms with van der Waals surface area (Å²) in [6.07, 6.45) is 2.52. The van der Waals surface area contributed by atoms with Gasteiger partial charge < -0.3 is 19.5 Å². The van der Waals surface area contributed by atoms with Crippen LogP contribution in [0, 0.1) is 0 Å². The Balaban J connectivity index is 1.54. The van der Waals surface area contributed by atoms with Gasteiger partial charge in [-0.15, -0.1) is 0 Å². The summed E-state index contributed by atoms with van der Waals surface area (Å²) in [6, 6.07) is 0.196. The van der Waals surface area contributed by atoms with E-state index in [4.69, 9.17) is 9.47 Å². The van der Waals surface area contributed by atoms with Crippen LogP contribution in [0.25, 0.3) is 0 Å². The number of hydrogen-bond donors (Lipinski definition) is 1. The predicted molar refractivity (Wildman–Crippen MR) is 77.0 cm³/mol. The normalized spacial score (nSPS) is 33.3. The second-order valence-corrected chi connectivity index (χ2v) is 6.31. The largest absolute Gasteiger partial charge is 0.448 e. The summed E-state index contributed by atoms with van der Waals surface area (Å²) in [5, 5.41) is 9.73. The number of aliphatic hydroxyl groups excluding tert-OH is 1. The molecule has 0 radical (unpaired) electrons. The van der Waals surface area contributed by atoms with Gasteiger partial charge in [0.05, 0.1) is 19.8 Å². The molecule has 6 nitrogen and oxygen atoms in total. The molecule has 3 aliphatic heterocycles. The number of amides is 1. The van der Waals surface area contributed by atoms with Gasteiger partial charge in [-0.25, -0.2) is 4.79 Å². The predicted octanol–water partition coefficient (Wildman–Crippen LogP) is 0.611. The molecule has 3 rings (SSSR count). The van der Waals surface area contributed by atoms with Gasteiger partial charge in [-0.3, -0.25) is 4.90 Å². The molecular weight excluding hydrogens is 272 g/mol. The summed E-state index contributed by atoms with van der Waals surface area (Å²) < 4.78 is 10.7. The minimum absolute atomic E-state index is 0.153. The lowest BCUT2D eigenvalue weighted by Crippen LogP contribution is -2.47. The van der Waals surface area contributed by atoms with E-state index in [1.54, 1.807) is 4.90 Å². The van der Waals surface area contributed by atoms with Crippen molar-refractivity contribution in [1.82, 2.24) is 9.80 Å². The Kier molecular flexibility index (Phi) is 4.19. The van der Waals surface area contributed by atoms with Crippen molar-refractivity contribution in [3.63, 3.8) is 0 Å². The van der Waals surface area contributed by atoms with Crippen molar-refractivity contribution < 1.29 is 19.4 Å². The fraction of sp³-hybridized carbons (Fsp3) is 0.800. The third-order valence-electron chi connectivity index (χ3n) is 4.93. The molecule has 3 fully saturated rings. The number of fused-ring (bicyclic) bond motifs is 1. The highest BCUT2D eigenvalue weighted by Crippen LogP contribution is 2.43. The molecule has 6 heteroatoms. The van der Waals surface area contributed by atoms with E-state index in [0.29, 0.717) is 32.9 Å². The Labute approximate surface area is 125 Å². The Hall–Kier alpha value is -1.11. The summed E-state index contributed by atoms with van der Waals surface area (Å²) in [4.78, 5) is 16.0. The third-order valence-corrected chi connectivity index (χ3v) is 4.93. The smallest absolute Gasteiger partial charge is 0.409 e. The van der Waals surface area contributed by atoms with Crippen molar-refractivity contribution in [2.75, 3.05) is 46.1 Å². The van der Waals surface area contributed by atoms with Crippen LogP contribution >= 0.6 is 0 Å². The number of aliphatic hydroxyl groups is 1. The van der Waals surface area contributed by atoms with E-state index < -0.39 is 0 Å². The summed E-state index contributed by atoms with van der Waals surface area (Å²) >= 11 is 0. The molecule has 2 atom stereocenters. The summed E-state index contributed by atoms with van der Waals surface area (Å²) in [5.74, 6) is 0. The quantitative estimate of drug-likeness (QED) is 0.773. The van der Waals surface area contributed by atoms with Crippen molar-refractivity contribution in [3.05, 3.63) is 12.2 Å². The number of carbonyl (C=O) groups is 1. The zero-order valence-corrected chi connectivity index (χ0v) is 12.4. The SMILES string of the molecule is C=C1CN2[C@H](COC(=O)N3CCOCC3)CC[C@]2(CO)C1. The average Bonchev–Trinajstić information content (AvgIpc) is 3.00. The van der Waals surface area contributed by atoms with Crippen molar-refractivity contribution in [2.45, 2.75) is 30.8 Å². The topological polar surface area (TPSA) is 62.2 Å². The van der Waals surface area contributed by atoms with E-state index in [1.807, 2.05) is 0 Å². The molecule has 21 heavy (non-hydrogen) atoms. The van der Waals surface area contributed by atoms with Gasteiger partial charge in [0.1, 0.15) is 6.61 Å². The lowest BCUT2D eigenvalue weighted by atomic mass is 9.94. The average molecular weight is 296 g/mol. The first kappa shape index (κ1) is 14.8. The third kappa shape index (κ3) is 2.80. The zero-order valence-electron chi connectivity index (χ0n) is 12.4. The van der Waals surface area contributed by atoms with E-state index in [-0.39, 0.29) is 24.3 Å². The fourth-order valence-corrected chi connectivity index (χ4v) is 3.77. The molecule has 3 saturated heterocycles. The molecule has 3 aliphatic rings. The Bertz CT molecular complexity index is 422. The van der Waals surface area contributed by atoms with Crippen LogP contribution in [-0.2, 0) is 9.47 Å². The van der Waals surface area contributed by atoms with Gasteiger partial charge in [-0.2, -0.15) is 0 Å². The van der Waals surface area contributed by atoms with E-state index >= 15 is 0 Å². The first-order valence-corrected chi connectivity index (χ1v) is 7.68. The molecule has 0 aromatic rings. The fourth-order valence-electron chi connectivity index (χ4n) is 3.77. The molecule has 118 valence electrons. The molecular formula is C15H24N2O4. The molecule has 3 heterocycles. The van der Waals surface area contributed by atoms with Crippen LogP contribution in [0.3, 0.4) is 0 Å². The van der Waals surface area contributed by atoms with Crippen molar-refractivity contribution in [2.24, 2.45) is 0 Å². The van der Waals surface area contributed by atoms with Gasteiger partial charge in [-0.1, -0.05) is 12.2 Å². The molecule has 0 spiro atoms. The maximum Gasteiger partial charge on any atom is 0.409 e. The Morgan fingerprint density at radius 1 is 1.48 bits per heavy atom. The molecule has 1 amide bonds. The van der Waals surface area contributed by atoms with Crippen LogP contribution in [0.4, 0.5) is 4.79 Å². The lowest BCUT2D eigenvalue weighted by Gasteiger charge is -2.33. The van der Waals surface area contributed by atoms with E-state index in [2.05, 4.69) is 11.5 Å². The number of nitrogens with zero attached hydrogens (tertiary/aromatic N) is 2. The number of rotatable bonds is 3. The van der Waals surface area contributed by atoms with Crippen molar-refractivity contribution in [1.29, 1.82) is 0 Å². The maximum absolute atomic E-state index is 12.0. The molecule has 0 saturated carbocycles. The molecule has 0 aliphatic carbocycles. The second kappa shape index (κ2) is 5.94. The first-order valence-electron chi connectivity index (χ1n) is 7.68. The highest BCUT2D eigenvalue weighted by Gasteiger charge is 2.50. The first-order chi connectivity index (χ1) is 10.1. The van der Waals surface area contributed by atoms with Crippen LogP contribution in [0.5, 0.6) is 0 Å². The van der Waals surface area contributed by atoms with Gasteiger partial charge in [0.2, 0.25) is 0 Å². The van der Waals surface area contributed by atoms with Crippen LogP contribution in [0.1, 0.15) is 19.3 Å². The summed E-state index contributed by atoms with van der Waals surface area (Å²) in [5.41, 5.74) is 1.00. The van der Waals surface area contributed by atoms with Crippen LogP contribution in [-0.4, -0.2) is 78.6 Å². The summed E-state index contributed by atoms with van der Waals surface area (Å²) in [7, 11) is 0. The van der Waals surface area contributed by atoms with Crippen LogP contribution in [0.2, 0.25) is 0 Å². The van der Waals surface area contributed by atoms with Gasteiger partial charge in [0.25, 0.3) is 0 Å². The number of hydrogen-bond acceptors (Lipinski definition) is 5. The standard InChI is InChI=1S/C15H24N2O4/c1-12-8-15(11-18)3-2-13(17(15)9-12)10-21-14(19)16-4-6-20-7-5-16/h13,18H,1-11H2/t13-,15+/m0/s1. The molecule has 1 N–H and O–H groups in total. The molecule has 0 unspecified atom stereocenters. The number of morpholine rings is 1. The Morgan fingerprint density at radius 2 is 2.24 bits per heavy atom. The van der Waals surface area contributed by atoms with Crippen LogP contribution < -0.4 is 0 Å². The molecule has 0 aromatic carbocycles. The van der Waals surface area contributed by atoms with E-state index in [0.717, 1.165) is 31.4 Å². The van der Waals surface area contributed by atoms with Gasteiger partial charge in [0, 0.05) is 31.2 Å². The number of ether oxygens (including phenoxy) is 2. The monoisotopic (exact) mass is 296 g/mol. The zero-order chi connectivity index (χ0) is 14.9. The highest BCUT2D eigenvalue weighted by atomic mass is 16.6. The maximum atomic E-state index is 12.0. The Morgan fingerprint density at radius 3 is 2.95 bits per heavy atom. The highest BCUT2D eigenvalue weighted by molar-refractivity contribution is 5.67. The number of carbonyl (C=O) groups excluding carboxylic acids is 1.